The Labute approximate surface area is 188 Å². The molecule has 9 heteroatoms. The maximum Gasteiger partial charge on any atom is 0.194 e. The van der Waals surface area contributed by atoms with Crippen LogP contribution in [0.2, 0.25) is 0 Å². The Morgan fingerprint density at radius 1 is 1.18 bits per heavy atom. The molecule has 0 amide bonds. The van der Waals surface area contributed by atoms with Crippen LogP contribution in [0.3, 0.4) is 0 Å². The first-order chi connectivity index (χ1) is 12.9. The number of aliphatic imine (C=N–C) groups is 1. The van der Waals surface area contributed by atoms with E-state index in [9.17, 15) is 0 Å². The summed E-state index contributed by atoms with van der Waals surface area (Å²) in [6.45, 7) is 3.40. The third kappa shape index (κ3) is 6.13. The van der Waals surface area contributed by atoms with Crippen LogP contribution in [0.15, 0.2) is 22.5 Å². The third-order valence-electron chi connectivity index (χ3n) is 4.17. The number of thiazole rings is 1. The number of anilines is 1. The number of aromatic nitrogens is 1. The molecular weight excluding hydrogens is 489 g/mol. The number of nitrogens with one attached hydrogen (secondary N) is 1. The van der Waals surface area contributed by atoms with Crippen molar-refractivity contribution in [1.82, 2.24) is 15.2 Å². The Bertz CT molecular complexity index is 795. The van der Waals surface area contributed by atoms with Crippen LogP contribution >= 0.6 is 35.3 Å². The smallest absolute Gasteiger partial charge is 0.194 e. The van der Waals surface area contributed by atoms with Crippen molar-refractivity contribution in [3.8, 4) is 11.5 Å². The van der Waals surface area contributed by atoms with Gasteiger partial charge in [0.1, 0.15) is 0 Å². The van der Waals surface area contributed by atoms with Gasteiger partial charge in [-0.05, 0) is 30.2 Å². The molecule has 1 heterocycles. The van der Waals surface area contributed by atoms with E-state index in [2.05, 4.69) is 32.5 Å². The summed E-state index contributed by atoms with van der Waals surface area (Å²) in [5.41, 5.74) is 3.30. The monoisotopic (exact) mass is 519 g/mol. The SMILES string of the molecule is CN=C(NCc1csc(N(C)C)n1)N(C)Cc1cc(OC)c(OC)cc1C.I. The lowest BCUT2D eigenvalue weighted by molar-refractivity contribution is 0.353. The topological polar surface area (TPSA) is 62.2 Å². The lowest BCUT2D eigenvalue weighted by Crippen LogP contribution is -2.38. The molecule has 0 aliphatic rings. The van der Waals surface area contributed by atoms with Gasteiger partial charge in [0.15, 0.2) is 22.6 Å². The van der Waals surface area contributed by atoms with Crippen molar-refractivity contribution in [3.63, 3.8) is 0 Å². The first-order valence-corrected chi connectivity index (χ1v) is 9.52. The lowest BCUT2D eigenvalue weighted by atomic mass is 10.1. The maximum atomic E-state index is 5.43. The summed E-state index contributed by atoms with van der Waals surface area (Å²) in [5.74, 6) is 2.28. The molecule has 0 spiro atoms. The zero-order valence-corrected chi connectivity index (χ0v) is 20.7. The van der Waals surface area contributed by atoms with Gasteiger partial charge in [-0.2, -0.15) is 0 Å². The Morgan fingerprint density at radius 2 is 1.82 bits per heavy atom. The van der Waals surface area contributed by atoms with Crippen molar-refractivity contribution in [2.24, 2.45) is 4.99 Å². The molecule has 0 radical (unpaired) electrons. The summed E-state index contributed by atoms with van der Waals surface area (Å²) < 4.78 is 10.8. The predicted molar refractivity (Wildman–Crippen MR) is 128 cm³/mol. The highest BCUT2D eigenvalue weighted by Crippen LogP contribution is 2.30. The highest BCUT2D eigenvalue weighted by atomic mass is 127. The Hall–Kier alpha value is -1.75. The lowest BCUT2D eigenvalue weighted by Gasteiger charge is -2.23. The fraction of sp³-hybridized carbons (Fsp3) is 0.474. The molecule has 1 aromatic carbocycles. The van der Waals surface area contributed by atoms with Gasteiger partial charge >= 0.3 is 0 Å². The number of rotatable bonds is 7. The number of guanidine groups is 1. The number of methoxy groups -OCH3 is 2. The number of hydrogen-bond donors (Lipinski definition) is 1. The molecule has 0 aliphatic heterocycles. The molecule has 2 aromatic rings. The molecule has 2 rings (SSSR count). The van der Waals surface area contributed by atoms with E-state index in [1.165, 1.54) is 0 Å². The van der Waals surface area contributed by atoms with Crippen molar-refractivity contribution < 1.29 is 9.47 Å². The number of benzene rings is 1. The van der Waals surface area contributed by atoms with E-state index in [0.29, 0.717) is 13.1 Å². The largest absolute Gasteiger partial charge is 0.493 e. The minimum Gasteiger partial charge on any atom is -0.493 e. The van der Waals surface area contributed by atoms with E-state index in [1.54, 1.807) is 32.6 Å². The Morgan fingerprint density at radius 3 is 2.36 bits per heavy atom. The second-order valence-corrected chi connectivity index (χ2v) is 7.24. The zero-order chi connectivity index (χ0) is 20.0. The van der Waals surface area contributed by atoms with Crippen molar-refractivity contribution in [1.29, 1.82) is 0 Å². The van der Waals surface area contributed by atoms with Crippen molar-refractivity contribution in [2.45, 2.75) is 20.0 Å². The molecule has 0 saturated carbocycles. The van der Waals surface area contributed by atoms with E-state index in [-0.39, 0.29) is 24.0 Å². The minimum absolute atomic E-state index is 0. The molecule has 1 aromatic heterocycles. The summed E-state index contributed by atoms with van der Waals surface area (Å²) in [4.78, 5) is 13.1. The number of nitrogens with zero attached hydrogens (tertiary/aromatic N) is 4. The predicted octanol–water partition coefficient (Wildman–Crippen LogP) is 3.36. The molecule has 28 heavy (non-hydrogen) atoms. The molecule has 156 valence electrons. The third-order valence-corrected chi connectivity index (χ3v) is 5.23. The standard InChI is InChI=1S/C19H29N5O2S.HI/c1-13-8-16(25-6)17(26-7)9-14(13)11-24(5)18(20-2)21-10-15-12-27-19(22-15)23(3)4;/h8-9,12H,10-11H2,1-7H3,(H,20,21);1H. The first kappa shape index (κ1) is 24.3. The van der Waals surface area contributed by atoms with Gasteiger partial charge in [0.2, 0.25) is 0 Å². The van der Waals surface area contributed by atoms with Crippen LogP contribution in [0, 0.1) is 6.92 Å². The summed E-state index contributed by atoms with van der Waals surface area (Å²) in [6.07, 6.45) is 0. The summed E-state index contributed by atoms with van der Waals surface area (Å²) in [6, 6.07) is 4.01. The van der Waals surface area contributed by atoms with Gasteiger partial charge in [-0.1, -0.05) is 0 Å². The number of halogens is 1. The quantitative estimate of drug-likeness (QED) is 0.344. The van der Waals surface area contributed by atoms with Crippen LogP contribution < -0.4 is 19.7 Å². The summed E-state index contributed by atoms with van der Waals surface area (Å²) >= 11 is 1.63. The van der Waals surface area contributed by atoms with Crippen LogP contribution in [0.5, 0.6) is 11.5 Å². The van der Waals surface area contributed by atoms with Crippen LogP contribution in [0.1, 0.15) is 16.8 Å². The van der Waals surface area contributed by atoms with Gasteiger partial charge in [-0.25, -0.2) is 4.98 Å². The van der Waals surface area contributed by atoms with Crippen LogP contribution in [0.4, 0.5) is 5.13 Å². The second kappa shape index (κ2) is 11.3. The highest BCUT2D eigenvalue weighted by molar-refractivity contribution is 14.0. The molecule has 0 saturated heterocycles. The molecule has 0 atom stereocenters. The molecular formula is C19H30IN5O2S. The van der Waals surface area contributed by atoms with Crippen molar-refractivity contribution in [2.75, 3.05) is 47.3 Å². The van der Waals surface area contributed by atoms with Crippen LogP contribution in [-0.2, 0) is 13.1 Å². The van der Waals surface area contributed by atoms with Crippen LogP contribution in [-0.4, -0.2) is 58.3 Å². The molecule has 0 bridgehead atoms. The normalized spacial score (nSPS) is 10.9. The summed E-state index contributed by atoms with van der Waals surface area (Å²) in [7, 11) is 11.1. The van der Waals surface area contributed by atoms with E-state index in [4.69, 9.17) is 9.47 Å². The minimum atomic E-state index is 0. The van der Waals surface area contributed by atoms with Gasteiger partial charge in [0.05, 0.1) is 26.5 Å². The second-order valence-electron chi connectivity index (χ2n) is 6.41. The molecule has 0 aliphatic carbocycles. The molecule has 0 unspecified atom stereocenters. The maximum absolute atomic E-state index is 5.43. The van der Waals surface area contributed by atoms with Gasteiger partial charge in [-0.3, -0.25) is 4.99 Å². The van der Waals surface area contributed by atoms with Gasteiger partial charge < -0.3 is 24.6 Å². The van der Waals surface area contributed by atoms with Gasteiger partial charge in [0.25, 0.3) is 0 Å². The Balaban J connectivity index is 0.00000392. The fourth-order valence-corrected chi connectivity index (χ4v) is 3.42. The number of hydrogen-bond acceptors (Lipinski definition) is 6. The average molecular weight is 519 g/mol. The van der Waals surface area contributed by atoms with Crippen molar-refractivity contribution >= 4 is 46.4 Å². The fourth-order valence-electron chi connectivity index (χ4n) is 2.66. The molecule has 1 N–H and O–H groups in total. The van der Waals surface area contributed by atoms with Gasteiger partial charge in [0, 0.05) is 40.1 Å². The molecule has 0 fully saturated rings. The van der Waals surface area contributed by atoms with Gasteiger partial charge in [-0.15, -0.1) is 35.3 Å². The zero-order valence-electron chi connectivity index (χ0n) is 17.6. The number of aryl methyl sites for hydroxylation is 1. The van der Waals surface area contributed by atoms with Crippen LogP contribution in [0.25, 0.3) is 0 Å². The van der Waals surface area contributed by atoms with Crippen molar-refractivity contribution in [3.05, 3.63) is 34.3 Å². The highest BCUT2D eigenvalue weighted by Gasteiger charge is 2.13. The Kier molecular flexibility index (Phi) is 9.80. The average Bonchev–Trinajstić information content (AvgIpc) is 3.12. The molecule has 7 nitrogen and oxygen atoms in total. The van der Waals surface area contributed by atoms with E-state index in [0.717, 1.165) is 39.4 Å². The first-order valence-electron chi connectivity index (χ1n) is 8.64. The summed E-state index contributed by atoms with van der Waals surface area (Å²) in [5, 5.41) is 6.43. The number of ether oxygens (including phenoxy) is 2. The van der Waals surface area contributed by atoms with E-state index >= 15 is 0 Å². The van der Waals surface area contributed by atoms with E-state index in [1.807, 2.05) is 38.2 Å². The van der Waals surface area contributed by atoms with E-state index < -0.39 is 0 Å².